The minimum atomic E-state index is -0.334. The first-order valence-corrected chi connectivity index (χ1v) is 9.91. The number of aryl methyl sites for hydroxylation is 1. The van der Waals surface area contributed by atoms with Crippen molar-refractivity contribution < 1.29 is 9.53 Å². The van der Waals surface area contributed by atoms with Gasteiger partial charge in [-0.1, -0.05) is 12.1 Å². The second-order valence-electron chi connectivity index (χ2n) is 7.48. The number of carbonyl (C=O) groups is 1. The molecule has 1 aromatic carbocycles. The zero-order chi connectivity index (χ0) is 19.5. The van der Waals surface area contributed by atoms with Crippen LogP contribution in [-0.4, -0.2) is 24.0 Å². The lowest BCUT2D eigenvalue weighted by Gasteiger charge is -2.19. The van der Waals surface area contributed by atoms with Crippen molar-refractivity contribution in [3.63, 3.8) is 0 Å². The van der Waals surface area contributed by atoms with Crippen molar-refractivity contribution in [3.8, 4) is 0 Å². The van der Waals surface area contributed by atoms with E-state index in [1.807, 2.05) is 6.07 Å². The van der Waals surface area contributed by atoms with Gasteiger partial charge in [0.15, 0.2) is 5.96 Å². The highest BCUT2D eigenvalue weighted by molar-refractivity contribution is 5.93. The number of carbonyl (C=O) groups excluding carboxylic acids is 1. The molecular weight excluding hydrogens is 352 g/mol. The van der Waals surface area contributed by atoms with E-state index in [2.05, 4.69) is 33.5 Å². The third-order valence-electron chi connectivity index (χ3n) is 5.42. The molecule has 28 heavy (non-hydrogen) atoms. The molecule has 0 aliphatic heterocycles. The fraction of sp³-hybridized carbons (Fsp3) is 0.409. The maximum Gasteiger partial charge on any atom is 0.339 e. The molecule has 2 aliphatic rings. The molecule has 1 fully saturated rings. The number of nitrogens with two attached hydrogens (primary N) is 1. The number of aliphatic imine (C=N–C) groups is 1. The number of rotatable bonds is 5. The molecule has 0 unspecified atom stereocenters. The largest absolute Gasteiger partial charge is 0.465 e. The summed E-state index contributed by atoms with van der Waals surface area (Å²) in [6.07, 6.45) is 6.79. The number of pyridine rings is 1. The second kappa shape index (κ2) is 8.00. The third kappa shape index (κ3) is 4.01. The lowest BCUT2D eigenvalue weighted by molar-refractivity contribution is 0.0598. The van der Waals surface area contributed by atoms with E-state index in [-0.39, 0.29) is 5.97 Å². The molecule has 4 rings (SSSR count). The second-order valence-corrected chi connectivity index (χ2v) is 7.48. The zero-order valence-electron chi connectivity index (χ0n) is 16.2. The van der Waals surface area contributed by atoms with Gasteiger partial charge in [-0.25, -0.2) is 9.79 Å². The summed E-state index contributed by atoms with van der Waals surface area (Å²) in [5.41, 5.74) is 12.1. The minimum absolute atomic E-state index is 0.334. The van der Waals surface area contributed by atoms with Crippen molar-refractivity contribution in [1.82, 2.24) is 4.98 Å². The van der Waals surface area contributed by atoms with Crippen LogP contribution in [0, 0.1) is 0 Å². The van der Waals surface area contributed by atoms with E-state index in [1.165, 1.54) is 31.1 Å². The lowest BCUT2D eigenvalue weighted by atomic mass is 9.90. The normalized spacial score (nSPS) is 16.4. The summed E-state index contributed by atoms with van der Waals surface area (Å²) in [5, 5.41) is 3.25. The van der Waals surface area contributed by atoms with Gasteiger partial charge < -0.3 is 15.8 Å². The van der Waals surface area contributed by atoms with E-state index >= 15 is 0 Å². The molecule has 1 heterocycles. The fourth-order valence-electron chi connectivity index (χ4n) is 3.80. The lowest BCUT2D eigenvalue weighted by Crippen LogP contribution is -2.24. The van der Waals surface area contributed by atoms with Gasteiger partial charge in [-0.05, 0) is 67.9 Å². The summed E-state index contributed by atoms with van der Waals surface area (Å²) < 4.78 is 4.87. The van der Waals surface area contributed by atoms with Crippen LogP contribution in [0.3, 0.4) is 0 Å². The van der Waals surface area contributed by atoms with Crippen LogP contribution in [0.2, 0.25) is 0 Å². The standard InChI is InChI=1S/C22H26N4O2/c1-28-21(27)18-12-11-16(25-20(18)15-9-10-15)13-24-22(23)26-19-8-4-6-14-5-2-3-7-17(14)19/h4,6,8,11-12,15H,2-3,5,7,9-10,13H2,1H3,(H3,23,24,26). The van der Waals surface area contributed by atoms with Gasteiger partial charge in [0, 0.05) is 11.6 Å². The molecule has 1 saturated carbocycles. The number of fused-ring (bicyclic) bond motifs is 1. The fourth-order valence-corrected chi connectivity index (χ4v) is 3.80. The summed E-state index contributed by atoms with van der Waals surface area (Å²) in [4.78, 5) is 21.1. The molecule has 146 valence electrons. The Bertz CT molecular complexity index is 919. The molecule has 0 saturated heterocycles. The Hall–Kier alpha value is -2.89. The van der Waals surface area contributed by atoms with E-state index in [1.54, 1.807) is 6.07 Å². The van der Waals surface area contributed by atoms with Gasteiger partial charge in [0.2, 0.25) is 0 Å². The molecule has 0 radical (unpaired) electrons. The highest BCUT2D eigenvalue weighted by Crippen LogP contribution is 2.40. The maximum absolute atomic E-state index is 11.9. The number of methoxy groups -OCH3 is 1. The molecular formula is C22H26N4O2. The highest BCUT2D eigenvalue weighted by Gasteiger charge is 2.30. The molecule has 6 heteroatoms. The monoisotopic (exact) mass is 378 g/mol. The van der Waals surface area contributed by atoms with E-state index in [0.29, 0.717) is 24.0 Å². The molecule has 0 amide bonds. The topological polar surface area (TPSA) is 89.6 Å². The number of guanidine groups is 1. The van der Waals surface area contributed by atoms with Crippen LogP contribution in [-0.2, 0) is 24.1 Å². The van der Waals surface area contributed by atoms with Gasteiger partial charge in [-0.15, -0.1) is 0 Å². The Kier molecular flexibility index (Phi) is 5.28. The van der Waals surface area contributed by atoms with Gasteiger partial charge >= 0.3 is 5.97 Å². The van der Waals surface area contributed by atoms with Crippen molar-refractivity contribution in [2.24, 2.45) is 10.7 Å². The number of nitrogens with one attached hydrogen (secondary N) is 1. The predicted molar refractivity (Wildman–Crippen MR) is 110 cm³/mol. The highest BCUT2D eigenvalue weighted by atomic mass is 16.5. The van der Waals surface area contributed by atoms with Crippen LogP contribution in [0.4, 0.5) is 5.69 Å². The van der Waals surface area contributed by atoms with Crippen LogP contribution in [0.5, 0.6) is 0 Å². The number of hydrogen-bond acceptors (Lipinski definition) is 4. The molecule has 2 aromatic rings. The summed E-state index contributed by atoms with van der Waals surface area (Å²) in [6.45, 7) is 0.370. The summed E-state index contributed by atoms with van der Waals surface area (Å²) in [5.74, 6) is 0.398. The van der Waals surface area contributed by atoms with Crippen LogP contribution in [0.1, 0.15) is 64.5 Å². The average Bonchev–Trinajstić information content (AvgIpc) is 3.57. The summed E-state index contributed by atoms with van der Waals surface area (Å²) in [7, 11) is 1.39. The Morgan fingerprint density at radius 3 is 2.86 bits per heavy atom. The van der Waals surface area contributed by atoms with Crippen LogP contribution < -0.4 is 11.1 Å². The Morgan fingerprint density at radius 2 is 2.07 bits per heavy atom. The number of hydrogen-bond donors (Lipinski definition) is 2. The van der Waals surface area contributed by atoms with Gasteiger partial charge in [-0.2, -0.15) is 0 Å². The predicted octanol–water partition coefficient (Wildman–Crippen LogP) is 3.55. The van der Waals surface area contributed by atoms with Gasteiger partial charge in [0.25, 0.3) is 0 Å². The minimum Gasteiger partial charge on any atom is -0.465 e. The number of nitrogens with zero attached hydrogens (tertiary/aromatic N) is 2. The van der Waals surface area contributed by atoms with Crippen molar-refractivity contribution >= 4 is 17.6 Å². The number of benzene rings is 1. The smallest absolute Gasteiger partial charge is 0.339 e. The van der Waals surface area contributed by atoms with Crippen molar-refractivity contribution in [2.75, 3.05) is 12.4 Å². The van der Waals surface area contributed by atoms with E-state index in [4.69, 9.17) is 10.5 Å². The van der Waals surface area contributed by atoms with Crippen LogP contribution in [0.15, 0.2) is 35.3 Å². The van der Waals surface area contributed by atoms with Gasteiger partial charge in [0.1, 0.15) is 0 Å². The van der Waals surface area contributed by atoms with Crippen molar-refractivity contribution in [1.29, 1.82) is 0 Å². The van der Waals surface area contributed by atoms with E-state index in [9.17, 15) is 4.79 Å². The molecule has 0 bridgehead atoms. The number of ether oxygens (including phenoxy) is 1. The quantitative estimate of drug-likeness (QED) is 0.472. The first kappa shape index (κ1) is 18.5. The van der Waals surface area contributed by atoms with Gasteiger partial charge in [0.05, 0.1) is 30.6 Å². The summed E-state index contributed by atoms with van der Waals surface area (Å²) >= 11 is 0. The average molecular weight is 378 g/mol. The maximum atomic E-state index is 11.9. The first-order chi connectivity index (χ1) is 13.7. The SMILES string of the molecule is COC(=O)c1ccc(CN=C(N)Nc2cccc3c2CCCC3)nc1C1CC1. The van der Waals surface area contributed by atoms with Crippen LogP contribution in [0.25, 0.3) is 0 Å². The summed E-state index contributed by atoms with van der Waals surface area (Å²) in [6, 6.07) is 9.92. The molecule has 2 aliphatic carbocycles. The molecule has 1 aromatic heterocycles. The van der Waals surface area contributed by atoms with Crippen LogP contribution >= 0.6 is 0 Å². The Morgan fingerprint density at radius 1 is 1.25 bits per heavy atom. The molecule has 3 N–H and O–H groups in total. The zero-order valence-corrected chi connectivity index (χ0v) is 16.2. The van der Waals surface area contributed by atoms with E-state index in [0.717, 1.165) is 42.8 Å². The number of aromatic nitrogens is 1. The molecule has 0 spiro atoms. The van der Waals surface area contributed by atoms with Crippen molar-refractivity contribution in [2.45, 2.75) is 51.0 Å². The number of esters is 1. The van der Waals surface area contributed by atoms with Gasteiger partial charge in [-0.3, -0.25) is 4.98 Å². The van der Waals surface area contributed by atoms with E-state index < -0.39 is 0 Å². The Labute approximate surface area is 165 Å². The Balaban J connectivity index is 1.48. The molecule has 6 nitrogen and oxygen atoms in total. The third-order valence-corrected chi connectivity index (χ3v) is 5.42. The molecule has 0 atom stereocenters. The first-order valence-electron chi connectivity index (χ1n) is 9.91. The van der Waals surface area contributed by atoms with Crippen molar-refractivity contribution in [3.05, 3.63) is 58.4 Å². The number of anilines is 1.